The Bertz CT molecular complexity index is 589. The number of amides is 1. The van der Waals surface area contributed by atoms with Gasteiger partial charge in [0.05, 0.1) is 0 Å². The molecular formula is C18H19NO. The Morgan fingerprint density at radius 1 is 1.00 bits per heavy atom. The molecule has 3 rings (SSSR count). The van der Waals surface area contributed by atoms with E-state index in [4.69, 9.17) is 0 Å². The van der Waals surface area contributed by atoms with E-state index in [1.165, 1.54) is 5.56 Å². The highest BCUT2D eigenvalue weighted by atomic mass is 16.2. The predicted molar refractivity (Wildman–Crippen MR) is 81.6 cm³/mol. The fraction of sp³-hybridized carbons (Fsp3) is 0.278. The van der Waals surface area contributed by atoms with E-state index in [2.05, 4.69) is 19.1 Å². The Morgan fingerprint density at radius 2 is 1.65 bits per heavy atom. The van der Waals surface area contributed by atoms with Gasteiger partial charge < -0.3 is 4.90 Å². The van der Waals surface area contributed by atoms with Crippen LogP contribution in [0.2, 0.25) is 0 Å². The highest BCUT2D eigenvalue weighted by Gasteiger charge is 2.25. The molecule has 20 heavy (non-hydrogen) atoms. The van der Waals surface area contributed by atoms with Crippen molar-refractivity contribution in [2.24, 2.45) is 0 Å². The SMILES string of the molecule is C[C@H]1CCCN1C(=O)c1ccc(-c2ccccc2)cc1. The van der Waals surface area contributed by atoms with Gasteiger partial charge in [0.15, 0.2) is 0 Å². The van der Waals surface area contributed by atoms with Crippen molar-refractivity contribution in [2.45, 2.75) is 25.8 Å². The van der Waals surface area contributed by atoms with Crippen LogP contribution in [-0.2, 0) is 0 Å². The van der Waals surface area contributed by atoms with E-state index >= 15 is 0 Å². The van der Waals surface area contributed by atoms with Crippen LogP contribution in [0.3, 0.4) is 0 Å². The van der Waals surface area contributed by atoms with Crippen LogP contribution in [0.15, 0.2) is 54.6 Å². The highest BCUT2D eigenvalue weighted by Crippen LogP contribution is 2.22. The zero-order valence-corrected chi connectivity index (χ0v) is 11.8. The van der Waals surface area contributed by atoms with Gasteiger partial charge in [0.25, 0.3) is 5.91 Å². The molecular weight excluding hydrogens is 246 g/mol. The quantitative estimate of drug-likeness (QED) is 0.804. The van der Waals surface area contributed by atoms with Crippen LogP contribution in [0.4, 0.5) is 0 Å². The van der Waals surface area contributed by atoms with E-state index < -0.39 is 0 Å². The zero-order chi connectivity index (χ0) is 13.9. The number of nitrogens with zero attached hydrogens (tertiary/aromatic N) is 1. The van der Waals surface area contributed by atoms with Crippen molar-refractivity contribution in [2.75, 3.05) is 6.54 Å². The molecule has 0 spiro atoms. The number of hydrogen-bond acceptors (Lipinski definition) is 1. The molecule has 0 unspecified atom stereocenters. The van der Waals surface area contributed by atoms with E-state index in [9.17, 15) is 4.79 Å². The summed E-state index contributed by atoms with van der Waals surface area (Å²) in [5.41, 5.74) is 3.12. The molecule has 0 aromatic heterocycles. The van der Waals surface area contributed by atoms with Crippen LogP contribution in [0.1, 0.15) is 30.1 Å². The summed E-state index contributed by atoms with van der Waals surface area (Å²) in [4.78, 5) is 14.4. The number of likely N-dealkylation sites (tertiary alicyclic amines) is 1. The largest absolute Gasteiger partial charge is 0.336 e. The first-order chi connectivity index (χ1) is 9.75. The Kier molecular flexibility index (Phi) is 3.55. The molecule has 0 radical (unpaired) electrons. The molecule has 1 heterocycles. The average Bonchev–Trinajstić information content (AvgIpc) is 2.94. The minimum atomic E-state index is 0.162. The molecule has 2 nitrogen and oxygen atoms in total. The molecule has 1 atom stereocenters. The average molecular weight is 265 g/mol. The first kappa shape index (κ1) is 12.9. The second-order valence-electron chi connectivity index (χ2n) is 5.43. The highest BCUT2D eigenvalue weighted by molar-refractivity contribution is 5.95. The first-order valence-corrected chi connectivity index (χ1v) is 7.22. The Balaban J connectivity index is 1.81. The van der Waals surface area contributed by atoms with Crippen molar-refractivity contribution in [3.8, 4) is 11.1 Å². The summed E-state index contributed by atoms with van der Waals surface area (Å²) in [5.74, 6) is 0.162. The molecule has 2 heteroatoms. The maximum absolute atomic E-state index is 12.4. The minimum Gasteiger partial charge on any atom is -0.336 e. The Morgan fingerprint density at radius 3 is 2.25 bits per heavy atom. The third-order valence-corrected chi connectivity index (χ3v) is 4.05. The van der Waals surface area contributed by atoms with Gasteiger partial charge in [0.1, 0.15) is 0 Å². The van der Waals surface area contributed by atoms with Crippen LogP contribution in [0, 0.1) is 0 Å². The fourth-order valence-electron chi connectivity index (χ4n) is 2.84. The number of benzene rings is 2. The van der Waals surface area contributed by atoms with Crippen molar-refractivity contribution in [3.63, 3.8) is 0 Å². The van der Waals surface area contributed by atoms with Gasteiger partial charge in [-0.15, -0.1) is 0 Å². The lowest BCUT2D eigenvalue weighted by Crippen LogP contribution is -2.33. The fourth-order valence-corrected chi connectivity index (χ4v) is 2.84. The molecule has 1 saturated heterocycles. The molecule has 102 valence electrons. The van der Waals surface area contributed by atoms with E-state index in [0.717, 1.165) is 30.5 Å². The van der Waals surface area contributed by atoms with Crippen LogP contribution >= 0.6 is 0 Å². The van der Waals surface area contributed by atoms with Crippen molar-refractivity contribution in [1.82, 2.24) is 4.90 Å². The molecule has 1 fully saturated rings. The lowest BCUT2D eigenvalue weighted by molar-refractivity contribution is 0.0747. The topological polar surface area (TPSA) is 20.3 Å². The second-order valence-corrected chi connectivity index (χ2v) is 5.43. The summed E-state index contributed by atoms with van der Waals surface area (Å²) in [5, 5.41) is 0. The third-order valence-electron chi connectivity index (χ3n) is 4.05. The smallest absolute Gasteiger partial charge is 0.254 e. The molecule has 0 N–H and O–H groups in total. The number of rotatable bonds is 2. The van der Waals surface area contributed by atoms with Crippen LogP contribution in [-0.4, -0.2) is 23.4 Å². The van der Waals surface area contributed by atoms with Crippen molar-refractivity contribution in [1.29, 1.82) is 0 Å². The van der Waals surface area contributed by atoms with E-state index in [1.807, 2.05) is 47.4 Å². The summed E-state index contributed by atoms with van der Waals surface area (Å²) in [6.07, 6.45) is 2.24. The van der Waals surface area contributed by atoms with Gasteiger partial charge in [-0.25, -0.2) is 0 Å². The van der Waals surface area contributed by atoms with Gasteiger partial charge in [-0.3, -0.25) is 4.79 Å². The maximum atomic E-state index is 12.4. The van der Waals surface area contributed by atoms with Crippen molar-refractivity contribution in [3.05, 3.63) is 60.2 Å². The molecule has 0 aliphatic carbocycles. The molecule has 1 aliphatic heterocycles. The van der Waals surface area contributed by atoms with Gasteiger partial charge in [0.2, 0.25) is 0 Å². The van der Waals surface area contributed by atoms with Crippen LogP contribution in [0.25, 0.3) is 11.1 Å². The standard InChI is InChI=1S/C18H19NO/c1-14-6-5-13-19(14)18(20)17-11-9-16(10-12-17)15-7-3-2-4-8-15/h2-4,7-12,14H,5-6,13H2,1H3/t14-/m0/s1. The monoisotopic (exact) mass is 265 g/mol. The number of carbonyl (C=O) groups is 1. The van der Waals surface area contributed by atoms with Gasteiger partial charge in [-0.05, 0) is 43.0 Å². The lowest BCUT2D eigenvalue weighted by Gasteiger charge is -2.21. The summed E-state index contributed by atoms with van der Waals surface area (Å²) >= 11 is 0. The zero-order valence-electron chi connectivity index (χ0n) is 11.8. The first-order valence-electron chi connectivity index (χ1n) is 7.22. The minimum absolute atomic E-state index is 0.162. The van der Waals surface area contributed by atoms with Gasteiger partial charge in [-0.1, -0.05) is 42.5 Å². The van der Waals surface area contributed by atoms with Crippen LogP contribution in [0.5, 0.6) is 0 Å². The Labute approximate surface area is 120 Å². The molecule has 0 bridgehead atoms. The maximum Gasteiger partial charge on any atom is 0.254 e. The molecule has 2 aromatic rings. The van der Waals surface area contributed by atoms with Crippen molar-refractivity contribution >= 4 is 5.91 Å². The van der Waals surface area contributed by atoms with E-state index in [1.54, 1.807) is 0 Å². The Hall–Kier alpha value is -2.09. The molecule has 1 aliphatic rings. The molecule has 1 amide bonds. The van der Waals surface area contributed by atoms with E-state index in [0.29, 0.717) is 6.04 Å². The van der Waals surface area contributed by atoms with Gasteiger partial charge in [-0.2, -0.15) is 0 Å². The number of hydrogen-bond donors (Lipinski definition) is 0. The summed E-state index contributed by atoms with van der Waals surface area (Å²) in [7, 11) is 0. The second kappa shape index (κ2) is 5.49. The van der Waals surface area contributed by atoms with Gasteiger partial charge >= 0.3 is 0 Å². The predicted octanol–water partition coefficient (Wildman–Crippen LogP) is 3.98. The van der Waals surface area contributed by atoms with Gasteiger partial charge in [0, 0.05) is 18.2 Å². The summed E-state index contributed by atoms with van der Waals surface area (Å²) < 4.78 is 0. The normalized spacial score (nSPS) is 18.2. The lowest BCUT2D eigenvalue weighted by atomic mass is 10.0. The number of carbonyl (C=O) groups excluding carboxylic acids is 1. The summed E-state index contributed by atoms with van der Waals surface area (Å²) in [6.45, 7) is 3.02. The van der Waals surface area contributed by atoms with Crippen molar-refractivity contribution < 1.29 is 4.79 Å². The molecule has 2 aromatic carbocycles. The third kappa shape index (κ3) is 2.46. The van der Waals surface area contributed by atoms with Crippen LogP contribution < -0.4 is 0 Å². The molecule has 0 saturated carbocycles. The van der Waals surface area contributed by atoms with E-state index in [-0.39, 0.29) is 5.91 Å². The summed E-state index contributed by atoms with van der Waals surface area (Å²) in [6, 6.07) is 18.5.